The van der Waals surface area contributed by atoms with Crippen molar-refractivity contribution in [2.75, 3.05) is 5.32 Å². The first-order chi connectivity index (χ1) is 9.11. The van der Waals surface area contributed by atoms with Crippen molar-refractivity contribution in [3.8, 4) is 0 Å². The van der Waals surface area contributed by atoms with Gasteiger partial charge in [0, 0.05) is 31.5 Å². The number of hydrogen-bond donors (Lipinski definition) is 1. The molecular formula is C13H14FN3O2. The summed E-state index contributed by atoms with van der Waals surface area (Å²) in [6, 6.07) is 5.70. The first kappa shape index (κ1) is 13.1. The molecule has 0 aliphatic rings. The molecule has 2 rings (SSSR count). The number of anilines is 1. The number of aromatic nitrogens is 1. The van der Waals surface area contributed by atoms with Crippen LogP contribution in [0.2, 0.25) is 0 Å². The molecular weight excluding hydrogens is 249 g/mol. The van der Waals surface area contributed by atoms with E-state index in [1.807, 2.05) is 30.0 Å². The lowest BCUT2D eigenvalue weighted by molar-refractivity contribution is -0.384. The van der Waals surface area contributed by atoms with Crippen molar-refractivity contribution in [3.05, 3.63) is 58.2 Å². The largest absolute Gasteiger partial charge is 0.373 e. The first-order valence-electron chi connectivity index (χ1n) is 5.93. The number of para-hydroxylation sites is 1. The van der Waals surface area contributed by atoms with Gasteiger partial charge in [0.05, 0.1) is 4.92 Å². The number of nitrogens with zero attached hydrogens (tertiary/aromatic N) is 2. The third kappa shape index (κ3) is 2.90. The van der Waals surface area contributed by atoms with Crippen LogP contribution in [0.5, 0.6) is 0 Å². The van der Waals surface area contributed by atoms with E-state index in [0.717, 1.165) is 12.1 Å². The van der Waals surface area contributed by atoms with E-state index >= 15 is 0 Å². The number of nitrogens with one attached hydrogen (secondary N) is 1. The first-order valence-corrected chi connectivity index (χ1v) is 5.93. The normalized spacial score (nSPS) is 10.4. The van der Waals surface area contributed by atoms with Gasteiger partial charge in [-0.05, 0) is 24.6 Å². The number of hydrogen-bond acceptors (Lipinski definition) is 3. The lowest BCUT2D eigenvalue weighted by Gasteiger charge is -2.07. The Labute approximate surface area is 109 Å². The van der Waals surface area contributed by atoms with Crippen molar-refractivity contribution < 1.29 is 9.31 Å². The molecule has 1 aromatic carbocycles. The van der Waals surface area contributed by atoms with Crippen molar-refractivity contribution in [3.63, 3.8) is 0 Å². The average molecular weight is 263 g/mol. The monoisotopic (exact) mass is 263 g/mol. The maximum Gasteiger partial charge on any atom is 0.295 e. The number of benzene rings is 1. The van der Waals surface area contributed by atoms with E-state index < -0.39 is 10.7 Å². The summed E-state index contributed by atoms with van der Waals surface area (Å²) in [4.78, 5) is 10.2. The van der Waals surface area contributed by atoms with Crippen LogP contribution in [0.15, 0.2) is 36.7 Å². The molecule has 0 aliphatic heterocycles. The van der Waals surface area contributed by atoms with Crippen LogP contribution >= 0.6 is 0 Å². The molecule has 1 N–H and O–H groups in total. The number of nitro benzene ring substituents is 1. The Morgan fingerprint density at radius 1 is 1.42 bits per heavy atom. The van der Waals surface area contributed by atoms with Crippen LogP contribution in [0.3, 0.4) is 0 Å². The third-order valence-corrected chi connectivity index (χ3v) is 2.83. The quantitative estimate of drug-likeness (QED) is 0.665. The molecule has 2 aromatic rings. The fraction of sp³-hybridized carbons (Fsp3) is 0.231. The average Bonchev–Trinajstić information content (AvgIpc) is 2.85. The van der Waals surface area contributed by atoms with Gasteiger partial charge in [0.1, 0.15) is 5.69 Å². The minimum absolute atomic E-state index is 0.0725. The zero-order valence-corrected chi connectivity index (χ0v) is 10.5. The number of rotatable bonds is 5. The molecule has 19 heavy (non-hydrogen) atoms. The molecule has 0 spiro atoms. The standard InChI is InChI=1S/C13H14FN3O2/c1-2-16-7-6-10(9-16)8-15-13-11(14)4-3-5-12(13)17(18)19/h3-7,9,15H,2,8H2,1H3. The maximum absolute atomic E-state index is 13.6. The summed E-state index contributed by atoms with van der Waals surface area (Å²) in [5, 5.41) is 13.6. The second-order valence-corrected chi connectivity index (χ2v) is 4.09. The Balaban J connectivity index is 2.17. The Morgan fingerprint density at radius 3 is 2.84 bits per heavy atom. The molecule has 0 fully saturated rings. The molecule has 100 valence electrons. The van der Waals surface area contributed by atoms with Gasteiger partial charge in [0.15, 0.2) is 5.82 Å². The molecule has 0 radical (unpaired) electrons. The molecule has 0 bridgehead atoms. The smallest absolute Gasteiger partial charge is 0.295 e. The molecule has 0 atom stereocenters. The predicted molar refractivity (Wildman–Crippen MR) is 70.5 cm³/mol. The number of aryl methyl sites for hydroxylation is 1. The van der Waals surface area contributed by atoms with Crippen LogP contribution in [0.25, 0.3) is 0 Å². The molecule has 1 heterocycles. The molecule has 5 nitrogen and oxygen atoms in total. The van der Waals surface area contributed by atoms with Gasteiger partial charge in [-0.15, -0.1) is 0 Å². The van der Waals surface area contributed by atoms with Gasteiger partial charge in [-0.1, -0.05) is 6.07 Å². The van der Waals surface area contributed by atoms with Crippen molar-refractivity contribution >= 4 is 11.4 Å². The van der Waals surface area contributed by atoms with E-state index in [-0.39, 0.29) is 11.4 Å². The van der Waals surface area contributed by atoms with Crippen LogP contribution in [0.4, 0.5) is 15.8 Å². The zero-order chi connectivity index (χ0) is 13.8. The van der Waals surface area contributed by atoms with E-state index in [2.05, 4.69) is 5.32 Å². The Hall–Kier alpha value is -2.37. The Bertz CT molecular complexity index is 595. The predicted octanol–water partition coefficient (Wildman–Crippen LogP) is 3.17. The van der Waals surface area contributed by atoms with E-state index in [0.29, 0.717) is 6.54 Å². The molecule has 0 aliphatic carbocycles. The molecule has 0 unspecified atom stereocenters. The van der Waals surface area contributed by atoms with Gasteiger partial charge in [-0.3, -0.25) is 10.1 Å². The molecule has 0 amide bonds. The van der Waals surface area contributed by atoms with Crippen LogP contribution in [-0.4, -0.2) is 9.49 Å². The second-order valence-electron chi connectivity index (χ2n) is 4.09. The van der Waals surface area contributed by atoms with Crippen molar-refractivity contribution in [2.24, 2.45) is 0 Å². The van der Waals surface area contributed by atoms with E-state index in [1.165, 1.54) is 18.2 Å². The summed E-state index contributed by atoms with van der Waals surface area (Å²) in [5.41, 5.74) is 0.617. The van der Waals surface area contributed by atoms with Gasteiger partial charge in [-0.2, -0.15) is 0 Å². The van der Waals surface area contributed by atoms with E-state index in [9.17, 15) is 14.5 Å². The highest BCUT2D eigenvalue weighted by atomic mass is 19.1. The number of halogens is 1. The van der Waals surface area contributed by atoms with E-state index in [4.69, 9.17) is 0 Å². The zero-order valence-electron chi connectivity index (χ0n) is 10.5. The fourth-order valence-corrected chi connectivity index (χ4v) is 1.82. The SMILES string of the molecule is CCn1ccc(CNc2c(F)cccc2[N+](=O)[O-])c1. The van der Waals surface area contributed by atoms with Gasteiger partial charge in [0.2, 0.25) is 0 Å². The Morgan fingerprint density at radius 2 is 2.21 bits per heavy atom. The van der Waals surface area contributed by atoms with Gasteiger partial charge < -0.3 is 9.88 Å². The summed E-state index contributed by atoms with van der Waals surface area (Å²) in [6.07, 6.45) is 3.83. The summed E-state index contributed by atoms with van der Waals surface area (Å²) in [7, 11) is 0. The summed E-state index contributed by atoms with van der Waals surface area (Å²) in [5.74, 6) is -0.621. The van der Waals surface area contributed by atoms with Gasteiger partial charge >= 0.3 is 0 Å². The van der Waals surface area contributed by atoms with Crippen LogP contribution in [0, 0.1) is 15.9 Å². The summed E-state index contributed by atoms with van der Waals surface area (Å²) >= 11 is 0. The minimum atomic E-state index is -0.621. The Kier molecular flexibility index (Phi) is 3.79. The molecule has 0 saturated carbocycles. The highest BCUT2D eigenvalue weighted by Crippen LogP contribution is 2.27. The highest BCUT2D eigenvalue weighted by molar-refractivity contribution is 5.62. The second kappa shape index (κ2) is 5.51. The van der Waals surface area contributed by atoms with E-state index in [1.54, 1.807) is 0 Å². The van der Waals surface area contributed by atoms with Crippen LogP contribution in [0.1, 0.15) is 12.5 Å². The van der Waals surface area contributed by atoms with Gasteiger partial charge in [-0.25, -0.2) is 4.39 Å². The third-order valence-electron chi connectivity index (χ3n) is 2.83. The van der Waals surface area contributed by atoms with Crippen molar-refractivity contribution in [1.29, 1.82) is 0 Å². The van der Waals surface area contributed by atoms with Crippen molar-refractivity contribution in [1.82, 2.24) is 4.57 Å². The summed E-state index contributed by atoms with van der Waals surface area (Å²) in [6.45, 7) is 3.20. The number of nitro groups is 1. The minimum Gasteiger partial charge on any atom is -0.373 e. The van der Waals surface area contributed by atoms with Gasteiger partial charge in [0.25, 0.3) is 5.69 Å². The van der Waals surface area contributed by atoms with Crippen LogP contribution in [-0.2, 0) is 13.1 Å². The molecule has 6 heteroatoms. The maximum atomic E-state index is 13.6. The molecule has 0 saturated heterocycles. The fourth-order valence-electron chi connectivity index (χ4n) is 1.82. The molecule has 1 aromatic heterocycles. The lowest BCUT2D eigenvalue weighted by Crippen LogP contribution is -2.04. The highest BCUT2D eigenvalue weighted by Gasteiger charge is 2.17. The summed E-state index contributed by atoms with van der Waals surface area (Å²) < 4.78 is 15.6. The van der Waals surface area contributed by atoms with Crippen LogP contribution < -0.4 is 5.32 Å². The van der Waals surface area contributed by atoms with Crippen molar-refractivity contribution in [2.45, 2.75) is 20.0 Å². The lowest BCUT2D eigenvalue weighted by atomic mass is 10.2. The topological polar surface area (TPSA) is 60.1 Å².